The Hall–Kier alpha value is -2.31. The summed E-state index contributed by atoms with van der Waals surface area (Å²) in [4.78, 5) is 35.7. The molecule has 0 saturated heterocycles. The van der Waals surface area contributed by atoms with Crippen LogP contribution in [0.1, 0.15) is 31.2 Å². The maximum absolute atomic E-state index is 13.6. The fourth-order valence-electron chi connectivity index (χ4n) is 2.92. The van der Waals surface area contributed by atoms with E-state index in [0.29, 0.717) is 19.3 Å². The molecule has 1 N–H and O–H groups in total. The van der Waals surface area contributed by atoms with E-state index < -0.39 is 36.0 Å². The highest BCUT2D eigenvalue weighted by atomic mass is 19.1. The Morgan fingerprint density at radius 2 is 2.00 bits per heavy atom. The number of carbonyl (C=O) groups excluding carboxylic acids is 3. The van der Waals surface area contributed by atoms with Crippen molar-refractivity contribution in [2.45, 2.75) is 38.1 Å². The van der Waals surface area contributed by atoms with E-state index in [1.807, 2.05) is 0 Å². The van der Waals surface area contributed by atoms with E-state index in [-0.39, 0.29) is 23.7 Å². The van der Waals surface area contributed by atoms with Crippen LogP contribution in [0.15, 0.2) is 18.2 Å². The molecular weight excluding hydrogens is 320 g/mol. The van der Waals surface area contributed by atoms with Gasteiger partial charge < -0.3 is 10.1 Å². The van der Waals surface area contributed by atoms with Gasteiger partial charge in [0.25, 0.3) is 0 Å². The number of amides is 1. The van der Waals surface area contributed by atoms with Gasteiger partial charge in [-0.25, -0.2) is 13.6 Å². The molecule has 1 amide bonds. The summed E-state index contributed by atoms with van der Waals surface area (Å²) in [5.41, 5.74) is -0.363. The van der Waals surface area contributed by atoms with Crippen LogP contribution in [-0.4, -0.2) is 30.8 Å². The Kier molecular flexibility index (Phi) is 6.00. The third-order valence-corrected chi connectivity index (χ3v) is 4.16. The van der Waals surface area contributed by atoms with Gasteiger partial charge in [0.1, 0.15) is 23.5 Å². The molecule has 1 saturated carbocycles. The molecule has 0 heterocycles. The van der Waals surface area contributed by atoms with E-state index in [2.05, 4.69) is 10.1 Å². The van der Waals surface area contributed by atoms with Gasteiger partial charge in [-0.2, -0.15) is 0 Å². The largest absolute Gasteiger partial charge is 0.467 e. The first kappa shape index (κ1) is 18.0. The second-order valence-corrected chi connectivity index (χ2v) is 5.84. The smallest absolute Gasteiger partial charge is 0.328 e. The zero-order valence-electron chi connectivity index (χ0n) is 13.3. The minimum Gasteiger partial charge on any atom is -0.467 e. The standard InChI is InChI=1S/C17H19F2NO4/c1-24-17(23)16(10-4-2-5-11(21)8-10)20-15(22)9-12-13(18)6-3-7-14(12)19/h3,6-7,10,16H,2,4-5,8-9H2,1H3,(H,20,22)/t10-,16+/m0/s1. The van der Waals surface area contributed by atoms with Gasteiger partial charge in [0.15, 0.2) is 0 Å². The zero-order valence-corrected chi connectivity index (χ0v) is 13.3. The normalized spacial score (nSPS) is 18.8. The van der Waals surface area contributed by atoms with Crippen LogP contribution in [0.4, 0.5) is 8.78 Å². The highest BCUT2D eigenvalue weighted by Crippen LogP contribution is 2.25. The molecule has 2 atom stereocenters. The van der Waals surface area contributed by atoms with Crippen molar-refractivity contribution >= 4 is 17.7 Å². The predicted octanol–water partition coefficient (Wildman–Crippen LogP) is 1.92. The fourth-order valence-corrected chi connectivity index (χ4v) is 2.92. The monoisotopic (exact) mass is 339 g/mol. The molecule has 7 heteroatoms. The number of esters is 1. The van der Waals surface area contributed by atoms with E-state index >= 15 is 0 Å². The maximum Gasteiger partial charge on any atom is 0.328 e. The average Bonchev–Trinajstić information content (AvgIpc) is 2.55. The second kappa shape index (κ2) is 7.99. The Bertz CT molecular complexity index is 627. The first-order chi connectivity index (χ1) is 11.4. The van der Waals surface area contributed by atoms with Gasteiger partial charge in [-0.1, -0.05) is 6.07 Å². The van der Waals surface area contributed by atoms with E-state index in [1.54, 1.807) is 0 Å². The molecule has 5 nitrogen and oxygen atoms in total. The summed E-state index contributed by atoms with van der Waals surface area (Å²) < 4.78 is 31.9. The summed E-state index contributed by atoms with van der Waals surface area (Å²) in [7, 11) is 1.18. The van der Waals surface area contributed by atoms with Crippen molar-refractivity contribution in [2.24, 2.45) is 5.92 Å². The number of rotatable bonds is 5. The van der Waals surface area contributed by atoms with E-state index in [0.717, 1.165) is 12.1 Å². The summed E-state index contributed by atoms with van der Waals surface area (Å²) >= 11 is 0. The van der Waals surface area contributed by atoms with Crippen LogP contribution in [-0.2, 0) is 25.5 Å². The molecular formula is C17H19F2NO4. The number of ether oxygens (including phenoxy) is 1. The lowest BCUT2D eigenvalue weighted by Crippen LogP contribution is -2.48. The van der Waals surface area contributed by atoms with E-state index in [1.165, 1.54) is 13.2 Å². The molecule has 0 radical (unpaired) electrons. The minimum atomic E-state index is -0.999. The molecule has 1 aromatic carbocycles. The number of benzene rings is 1. The number of ketones is 1. The molecule has 0 aromatic heterocycles. The topological polar surface area (TPSA) is 72.5 Å². The number of hydrogen-bond acceptors (Lipinski definition) is 4. The highest BCUT2D eigenvalue weighted by Gasteiger charge is 2.34. The van der Waals surface area contributed by atoms with E-state index in [9.17, 15) is 23.2 Å². The van der Waals surface area contributed by atoms with Crippen LogP contribution in [0.25, 0.3) is 0 Å². The van der Waals surface area contributed by atoms with Gasteiger partial charge in [0.2, 0.25) is 5.91 Å². The zero-order chi connectivity index (χ0) is 17.7. The lowest BCUT2D eigenvalue weighted by atomic mass is 9.83. The fraction of sp³-hybridized carbons (Fsp3) is 0.471. The molecule has 0 unspecified atom stereocenters. The van der Waals surface area contributed by atoms with Gasteiger partial charge in [0, 0.05) is 18.4 Å². The SMILES string of the molecule is COC(=O)[C@H](NC(=O)Cc1c(F)cccc1F)[C@H]1CCCC(=O)C1. The first-order valence-electron chi connectivity index (χ1n) is 7.74. The number of halogens is 2. The quantitative estimate of drug-likeness (QED) is 0.832. The van der Waals surface area contributed by atoms with Crippen molar-refractivity contribution < 1.29 is 27.9 Å². The van der Waals surface area contributed by atoms with Crippen molar-refractivity contribution in [1.82, 2.24) is 5.32 Å². The van der Waals surface area contributed by atoms with Crippen LogP contribution >= 0.6 is 0 Å². The summed E-state index contributed by atoms with van der Waals surface area (Å²) in [5, 5.41) is 2.46. The molecule has 1 aliphatic carbocycles. The molecule has 2 rings (SSSR count). The third-order valence-electron chi connectivity index (χ3n) is 4.16. The van der Waals surface area contributed by atoms with Crippen molar-refractivity contribution in [1.29, 1.82) is 0 Å². The second-order valence-electron chi connectivity index (χ2n) is 5.84. The van der Waals surface area contributed by atoms with Crippen molar-refractivity contribution in [2.75, 3.05) is 7.11 Å². The molecule has 0 aliphatic heterocycles. The van der Waals surface area contributed by atoms with Crippen LogP contribution in [0.3, 0.4) is 0 Å². The lowest BCUT2D eigenvalue weighted by Gasteiger charge is -2.28. The third kappa shape index (κ3) is 4.37. The molecule has 1 fully saturated rings. The highest BCUT2D eigenvalue weighted by molar-refractivity contribution is 5.87. The summed E-state index contributed by atoms with van der Waals surface area (Å²) in [5.74, 6) is -3.37. The molecule has 130 valence electrons. The number of methoxy groups -OCH3 is 1. The number of hydrogen-bond donors (Lipinski definition) is 1. The average molecular weight is 339 g/mol. The van der Waals surface area contributed by atoms with Gasteiger partial charge in [0.05, 0.1) is 13.5 Å². The summed E-state index contributed by atoms with van der Waals surface area (Å²) in [6, 6.07) is 2.32. The van der Waals surface area contributed by atoms with Crippen molar-refractivity contribution in [3.8, 4) is 0 Å². The lowest BCUT2D eigenvalue weighted by molar-refractivity contribution is -0.147. The number of carbonyl (C=O) groups is 3. The van der Waals surface area contributed by atoms with Gasteiger partial charge in [-0.05, 0) is 30.9 Å². The predicted molar refractivity (Wildman–Crippen MR) is 81.0 cm³/mol. The Labute approximate surface area is 138 Å². The Morgan fingerprint density at radius 1 is 1.33 bits per heavy atom. The Balaban J connectivity index is 2.10. The molecule has 0 bridgehead atoms. The maximum atomic E-state index is 13.6. The first-order valence-corrected chi connectivity index (χ1v) is 7.74. The Morgan fingerprint density at radius 3 is 2.58 bits per heavy atom. The van der Waals surface area contributed by atoms with Crippen LogP contribution in [0.5, 0.6) is 0 Å². The number of Topliss-reactive ketones (excluding diaryl/α,β-unsaturated/α-hetero) is 1. The summed E-state index contributed by atoms with van der Waals surface area (Å²) in [6.07, 6.45) is 1.33. The molecule has 0 spiro atoms. The van der Waals surface area contributed by atoms with Crippen LogP contribution in [0.2, 0.25) is 0 Å². The molecule has 24 heavy (non-hydrogen) atoms. The molecule has 1 aliphatic rings. The summed E-state index contributed by atoms with van der Waals surface area (Å²) in [6.45, 7) is 0. The minimum absolute atomic E-state index is 0.0227. The van der Waals surface area contributed by atoms with E-state index in [4.69, 9.17) is 0 Å². The van der Waals surface area contributed by atoms with Crippen molar-refractivity contribution in [3.63, 3.8) is 0 Å². The molecule has 1 aromatic rings. The number of nitrogens with one attached hydrogen (secondary N) is 1. The van der Waals surface area contributed by atoms with Crippen LogP contribution in [0, 0.1) is 17.6 Å². The van der Waals surface area contributed by atoms with Crippen LogP contribution < -0.4 is 5.32 Å². The van der Waals surface area contributed by atoms with Gasteiger partial charge in [-0.15, -0.1) is 0 Å². The van der Waals surface area contributed by atoms with Crippen molar-refractivity contribution in [3.05, 3.63) is 35.4 Å². The van der Waals surface area contributed by atoms with Gasteiger partial charge in [-0.3, -0.25) is 9.59 Å². The van der Waals surface area contributed by atoms with Gasteiger partial charge >= 0.3 is 5.97 Å².